The molecule has 0 aromatic heterocycles. The van der Waals surface area contributed by atoms with Gasteiger partial charge in [0.25, 0.3) is 0 Å². The van der Waals surface area contributed by atoms with E-state index in [-0.39, 0.29) is 0 Å². The molecule has 3 heteroatoms. The monoisotopic (exact) mass is 269 g/mol. The quantitative estimate of drug-likeness (QED) is 0.615. The van der Waals surface area contributed by atoms with Crippen molar-refractivity contribution >= 4 is 0 Å². The van der Waals surface area contributed by atoms with Crippen LogP contribution in [0.3, 0.4) is 0 Å². The molecule has 2 atom stereocenters. The Balaban J connectivity index is 2.10. The normalized spacial score (nSPS) is 22.3. The third-order valence-electron chi connectivity index (χ3n) is 4.21. The maximum Gasteiger partial charge on any atom is 0.0223 e. The van der Waals surface area contributed by atoms with Gasteiger partial charge in [0.15, 0.2) is 0 Å². The minimum absolute atomic E-state index is 0.682. The van der Waals surface area contributed by atoms with Gasteiger partial charge in [0.1, 0.15) is 0 Å². The summed E-state index contributed by atoms with van der Waals surface area (Å²) in [4.78, 5) is 5.00. The van der Waals surface area contributed by atoms with E-state index in [9.17, 15) is 0 Å². The van der Waals surface area contributed by atoms with Crippen LogP contribution in [0.25, 0.3) is 0 Å². The van der Waals surface area contributed by atoms with Gasteiger partial charge in [0.2, 0.25) is 0 Å². The van der Waals surface area contributed by atoms with Crippen molar-refractivity contribution in [3.8, 4) is 0 Å². The average Bonchev–Trinajstić information content (AvgIpc) is 2.76. The Morgan fingerprint density at radius 1 is 1.32 bits per heavy atom. The lowest BCUT2D eigenvalue weighted by Crippen LogP contribution is -2.42. The molecule has 1 aliphatic rings. The molecule has 0 aliphatic carbocycles. The Kier molecular flexibility index (Phi) is 8.67. The first-order valence-electron chi connectivity index (χ1n) is 8.25. The van der Waals surface area contributed by atoms with E-state index in [1.165, 1.54) is 58.2 Å². The molecule has 1 aliphatic heterocycles. The topological polar surface area (TPSA) is 18.5 Å². The third-order valence-corrected chi connectivity index (χ3v) is 4.21. The van der Waals surface area contributed by atoms with E-state index < -0.39 is 0 Å². The fraction of sp³-hybridized carbons (Fsp3) is 1.00. The third kappa shape index (κ3) is 7.28. The Hall–Kier alpha value is -0.120. The van der Waals surface area contributed by atoms with E-state index in [1.54, 1.807) is 0 Å². The van der Waals surface area contributed by atoms with E-state index in [0.717, 1.165) is 12.6 Å². The van der Waals surface area contributed by atoms with Crippen LogP contribution >= 0.6 is 0 Å². The number of likely N-dealkylation sites (N-methyl/N-ethyl adjacent to an activating group) is 1. The molecule has 0 spiro atoms. The molecule has 1 fully saturated rings. The van der Waals surface area contributed by atoms with Gasteiger partial charge in [-0.15, -0.1) is 0 Å². The van der Waals surface area contributed by atoms with Gasteiger partial charge in [-0.05, 0) is 46.8 Å². The maximum atomic E-state index is 3.69. The smallest absolute Gasteiger partial charge is 0.0223 e. The van der Waals surface area contributed by atoms with Gasteiger partial charge in [-0.3, -0.25) is 4.90 Å². The predicted octanol–water partition coefficient (Wildman–Crippen LogP) is 2.57. The van der Waals surface area contributed by atoms with Crippen LogP contribution in [0.1, 0.15) is 52.4 Å². The minimum atomic E-state index is 0.682. The van der Waals surface area contributed by atoms with Crippen molar-refractivity contribution in [1.29, 1.82) is 0 Å². The highest BCUT2D eigenvalue weighted by molar-refractivity contribution is 4.81. The molecule has 0 aromatic rings. The highest BCUT2D eigenvalue weighted by atomic mass is 15.2. The SMILES string of the molecule is CCCCCC(C)NCCN1CCCC1CN(C)C. The number of hydrogen-bond acceptors (Lipinski definition) is 3. The lowest BCUT2D eigenvalue weighted by atomic mass is 10.1. The van der Waals surface area contributed by atoms with Crippen LogP contribution in [0.5, 0.6) is 0 Å². The zero-order valence-corrected chi connectivity index (χ0v) is 13.6. The molecule has 0 saturated carbocycles. The molecule has 0 amide bonds. The van der Waals surface area contributed by atoms with Crippen LogP contribution in [-0.4, -0.2) is 62.2 Å². The van der Waals surface area contributed by atoms with Crippen molar-refractivity contribution < 1.29 is 0 Å². The molecule has 2 unspecified atom stereocenters. The van der Waals surface area contributed by atoms with E-state index in [2.05, 4.69) is 43.1 Å². The Bertz CT molecular complexity index is 218. The molecule has 1 saturated heterocycles. The van der Waals surface area contributed by atoms with Crippen LogP contribution in [0, 0.1) is 0 Å². The van der Waals surface area contributed by atoms with Crippen LogP contribution < -0.4 is 5.32 Å². The number of likely N-dealkylation sites (tertiary alicyclic amines) is 1. The summed E-state index contributed by atoms with van der Waals surface area (Å²) in [5, 5.41) is 3.69. The molecule has 1 rings (SSSR count). The molecule has 0 radical (unpaired) electrons. The maximum absolute atomic E-state index is 3.69. The highest BCUT2D eigenvalue weighted by Gasteiger charge is 2.24. The van der Waals surface area contributed by atoms with Gasteiger partial charge in [-0.25, -0.2) is 0 Å². The lowest BCUT2D eigenvalue weighted by Gasteiger charge is -2.27. The summed E-state index contributed by atoms with van der Waals surface area (Å²) in [6, 6.07) is 1.47. The summed E-state index contributed by atoms with van der Waals surface area (Å²) in [6.45, 7) is 9.48. The van der Waals surface area contributed by atoms with Crippen LogP contribution in [0.15, 0.2) is 0 Å². The zero-order chi connectivity index (χ0) is 14.1. The van der Waals surface area contributed by atoms with Crippen molar-refractivity contribution in [2.75, 3.05) is 40.3 Å². The molecule has 0 aromatic carbocycles. The number of unbranched alkanes of at least 4 members (excludes halogenated alkanes) is 2. The molecule has 19 heavy (non-hydrogen) atoms. The number of hydrogen-bond donors (Lipinski definition) is 1. The molecule has 1 N–H and O–H groups in total. The zero-order valence-electron chi connectivity index (χ0n) is 13.6. The van der Waals surface area contributed by atoms with Crippen LogP contribution in [-0.2, 0) is 0 Å². The second kappa shape index (κ2) is 9.73. The Morgan fingerprint density at radius 3 is 2.79 bits per heavy atom. The molecule has 3 nitrogen and oxygen atoms in total. The largest absolute Gasteiger partial charge is 0.313 e. The van der Waals surface area contributed by atoms with Gasteiger partial charge in [0.05, 0.1) is 0 Å². The summed E-state index contributed by atoms with van der Waals surface area (Å²) in [5.74, 6) is 0. The fourth-order valence-electron chi connectivity index (χ4n) is 3.07. The molecular formula is C16H35N3. The van der Waals surface area contributed by atoms with Crippen molar-refractivity contribution in [3.05, 3.63) is 0 Å². The predicted molar refractivity (Wildman–Crippen MR) is 84.8 cm³/mol. The van der Waals surface area contributed by atoms with E-state index in [4.69, 9.17) is 0 Å². The summed E-state index contributed by atoms with van der Waals surface area (Å²) in [7, 11) is 4.37. The van der Waals surface area contributed by atoms with Crippen LogP contribution in [0.4, 0.5) is 0 Å². The number of nitrogens with zero attached hydrogens (tertiary/aromatic N) is 2. The molecule has 1 heterocycles. The van der Waals surface area contributed by atoms with Gasteiger partial charge < -0.3 is 10.2 Å². The fourth-order valence-corrected chi connectivity index (χ4v) is 3.07. The summed E-state index contributed by atoms with van der Waals surface area (Å²) in [5.41, 5.74) is 0. The van der Waals surface area contributed by atoms with Crippen molar-refractivity contribution in [3.63, 3.8) is 0 Å². The molecular weight excluding hydrogens is 234 g/mol. The van der Waals surface area contributed by atoms with E-state index in [1.807, 2.05) is 0 Å². The van der Waals surface area contributed by atoms with Crippen molar-refractivity contribution in [1.82, 2.24) is 15.1 Å². The standard InChI is InChI=1S/C16H35N3/c1-5-6-7-9-15(2)17-11-13-19-12-8-10-16(19)14-18(3)4/h15-17H,5-14H2,1-4H3. The van der Waals surface area contributed by atoms with Gasteiger partial charge in [0, 0.05) is 31.7 Å². The Morgan fingerprint density at radius 2 is 2.11 bits per heavy atom. The highest BCUT2D eigenvalue weighted by Crippen LogP contribution is 2.16. The lowest BCUT2D eigenvalue weighted by molar-refractivity contribution is 0.206. The summed E-state index contributed by atoms with van der Waals surface area (Å²) >= 11 is 0. The summed E-state index contributed by atoms with van der Waals surface area (Å²) < 4.78 is 0. The summed E-state index contributed by atoms with van der Waals surface area (Å²) in [6.07, 6.45) is 8.16. The molecule has 114 valence electrons. The van der Waals surface area contributed by atoms with E-state index >= 15 is 0 Å². The first kappa shape index (κ1) is 16.9. The van der Waals surface area contributed by atoms with Gasteiger partial charge >= 0.3 is 0 Å². The average molecular weight is 269 g/mol. The number of rotatable bonds is 10. The van der Waals surface area contributed by atoms with Crippen molar-refractivity contribution in [2.24, 2.45) is 0 Å². The second-order valence-corrected chi connectivity index (χ2v) is 6.45. The van der Waals surface area contributed by atoms with Gasteiger partial charge in [-0.1, -0.05) is 26.2 Å². The van der Waals surface area contributed by atoms with Gasteiger partial charge in [-0.2, -0.15) is 0 Å². The first-order chi connectivity index (χ1) is 9.13. The van der Waals surface area contributed by atoms with E-state index in [0.29, 0.717) is 6.04 Å². The first-order valence-corrected chi connectivity index (χ1v) is 8.25. The van der Waals surface area contributed by atoms with Crippen molar-refractivity contribution in [2.45, 2.75) is 64.5 Å². The second-order valence-electron chi connectivity index (χ2n) is 6.45. The minimum Gasteiger partial charge on any atom is -0.313 e. The molecule has 0 bridgehead atoms. The van der Waals surface area contributed by atoms with Crippen LogP contribution in [0.2, 0.25) is 0 Å². The Labute approximate surface area is 120 Å². The number of nitrogens with one attached hydrogen (secondary N) is 1.